The van der Waals surface area contributed by atoms with Crippen LogP contribution in [0, 0.1) is 0 Å². The third kappa shape index (κ3) is 7.82. The Kier molecular flexibility index (Phi) is 7.96. The summed E-state index contributed by atoms with van der Waals surface area (Å²) in [5.74, 6) is 0. The molecule has 0 saturated heterocycles. The molecule has 0 aromatic carbocycles. The fourth-order valence-electron chi connectivity index (χ4n) is 1.16. The zero-order chi connectivity index (χ0) is 8.53. The molecule has 1 N–H and O–H groups in total. The Balaban J connectivity index is 2.97. The molecule has 2 nitrogen and oxygen atoms in total. The lowest BCUT2D eigenvalue weighted by atomic mass is 10.2. The van der Waals surface area contributed by atoms with E-state index in [0.717, 1.165) is 6.67 Å². The van der Waals surface area contributed by atoms with Gasteiger partial charge in [-0.25, -0.2) is 0 Å². The highest BCUT2D eigenvalue weighted by Gasteiger charge is 1.94. The molecule has 0 heterocycles. The molecule has 68 valence electrons. The molecular weight excluding hydrogens is 136 g/mol. The summed E-state index contributed by atoms with van der Waals surface area (Å²) in [7, 11) is 4.14. The molecule has 0 aliphatic heterocycles. The Morgan fingerprint density at radius 1 is 1.18 bits per heavy atom. The van der Waals surface area contributed by atoms with E-state index in [1.165, 1.54) is 32.2 Å². The average Bonchev–Trinajstić information content (AvgIpc) is 1.99. The van der Waals surface area contributed by atoms with Crippen molar-refractivity contribution in [2.75, 3.05) is 27.3 Å². The van der Waals surface area contributed by atoms with Gasteiger partial charge in [0.25, 0.3) is 0 Å². The largest absolute Gasteiger partial charge is 0.307 e. The van der Waals surface area contributed by atoms with Crippen LogP contribution >= 0.6 is 0 Å². The smallest absolute Gasteiger partial charge is 0.0475 e. The summed E-state index contributed by atoms with van der Waals surface area (Å²) in [6.07, 6.45) is 5.43. The average molecular weight is 158 g/mol. The number of unbranched alkanes of at least 4 members (excludes halogenated alkanes) is 3. The van der Waals surface area contributed by atoms with Crippen molar-refractivity contribution in [3.63, 3.8) is 0 Å². The fraction of sp³-hybridized carbons (Fsp3) is 1.00. The van der Waals surface area contributed by atoms with Gasteiger partial charge in [-0.15, -0.1) is 0 Å². The lowest BCUT2D eigenvalue weighted by molar-refractivity contribution is 0.309. The fourth-order valence-corrected chi connectivity index (χ4v) is 1.16. The van der Waals surface area contributed by atoms with Crippen molar-refractivity contribution in [2.24, 2.45) is 0 Å². The zero-order valence-electron chi connectivity index (χ0n) is 8.19. The van der Waals surface area contributed by atoms with Crippen molar-refractivity contribution in [1.29, 1.82) is 0 Å². The molecule has 0 aromatic rings. The Labute approximate surface area is 71.0 Å². The van der Waals surface area contributed by atoms with Crippen LogP contribution in [-0.2, 0) is 0 Å². The highest BCUT2D eigenvalue weighted by molar-refractivity contribution is 4.48. The summed E-state index contributed by atoms with van der Waals surface area (Å²) >= 11 is 0. The standard InChI is InChI=1S/C9H22N2/c1-4-5-6-7-8-11(3)9-10-2/h10H,4-9H2,1-3H3. The predicted molar refractivity (Wildman–Crippen MR) is 50.7 cm³/mol. The van der Waals surface area contributed by atoms with Crippen molar-refractivity contribution in [3.05, 3.63) is 0 Å². The van der Waals surface area contributed by atoms with Crippen molar-refractivity contribution in [3.8, 4) is 0 Å². The van der Waals surface area contributed by atoms with Gasteiger partial charge in [0, 0.05) is 6.67 Å². The molecule has 0 aliphatic rings. The molecule has 0 fully saturated rings. The van der Waals surface area contributed by atoms with Crippen molar-refractivity contribution in [1.82, 2.24) is 10.2 Å². The van der Waals surface area contributed by atoms with E-state index < -0.39 is 0 Å². The molecule has 0 spiro atoms. The second kappa shape index (κ2) is 8.02. The first kappa shape index (κ1) is 10.9. The monoisotopic (exact) mass is 158 g/mol. The molecule has 0 bridgehead atoms. The minimum atomic E-state index is 1.01. The Morgan fingerprint density at radius 2 is 1.91 bits per heavy atom. The van der Waals surface area contributed by atoms with E-state index in [4.69, 9.17) is 0 Å². The number of rotatable bonds is 7. The van der Waals surface area contributed by atoms with E-state index in [0.29, 0.717) is 0 Å². The molecule has 0 amide bonds. The normalized spacial score (nSPS) is 10.9. The second-order valence-corrected chi connectivity index (χ2v) is 3.15. The van der Waals surface area contributed by atoms with E-state index in [2.05, 4.69) is 24.2 Å². The second-order valence-electron chi connectivity index (χ2n) is 3.15. The van der Waals surface area contributed by atoms with Crippen LogP contribution in [0.25, 0.3) is 0 Å². The zero-order valence-corrected chi connectivity index (χ0v) is 8.19. The maximum absolute atomic E-state index is 3.13. The van der Waals surface area contributed by atoms with Crippen LogP contribution in [0.5, 0.6) is 0 Å². The summed E-state index contributed by atoms with van der Waals surface area (Å²) in [4.78, 5) is 2.32. The lowest BCUT2D eigenvalue weighted by Crippen LogP contribution is -2.29. The Morgan fingerprint density at radius 3 is 2.45 bits per heavy atom. The molecule has 0 unspecified atom stereocenters. The summed E-state index contributed by atoms with van der Waals surface area (Å²) in [6, 6.07) is 0. The molecule has 0 aromatic heterocycles. The van der Waals surface area contributed by atoms with E-state index in [-0.39, 0.29) is 0 Å². The summed E-state index contributed by atoms with van der Waals surface area (Å²) in [6.45, 7) is 4.48. The highest BCUT2D eigenvalue weighted by atomic mass is 15.2. The van der Waals surface area contributed by atoms with Gasteiger partial charge in [0.05, 0.1) is 0 Å². The minimum Gasteiger partial charge on any atom is -0.307 e. The number of hydrogen-bond acceptors (Lipinski definition) is 2. The number of nitrogens with one attached hydrogen (secondary N) is 1. The van der Waals surface area contributed by atoms with E-state index in [1.807, 2.05) is 7.05 Å². The quantitative estimate of drug-likeness (QED) is 0.448. The number of hydrogen-bond donors (Lipinski definition) is 1. The van der Waals surface area contributed by atoms with E-state index >= 15 is 0 Å². The Bertz CT molecular complexity index is 74.0. The molecule has 11 heavy (non-hydrogen) atoms. The van der Waals surface area contributed by atoms with Gasteiger partial charge in [-0.05, 0) is 27.1 Å². The number of nitrogens with zero attached hydrogens (tertiary/aromatic N) is 1. The van der Waals surface area contributed by atoms with Gasteiger partial charge in [-0.1, -0.05) is 26.2 Å². The van der Waals surface area contributed by atoms with E-state index in [9.17, 15) is 0 Å². The van der Waals surface area contributed by atoms with Gasteiger partial charge in [0.2, 0.25) is 0 Å². The summed E-state index contributed by atoms with van der Waals surface area (Å²) < 4.78 is 0. The van der Waals surface area contributed by atoms with Crippen LogP contribution in [0.4, 0.5) is 0 Å². The van der Waals surface area contributed by atoms with Gasteiger partial charge >= 0.3 is 0 Å². The maximum Gasteiger partial charge on any atom is 0.0475 e. The van der Waals surface area contributed by atoms with Crippen molar-refractivity contribution in [2.45, 2.75) is 32.6 Å². The molecule has 0 saturated carbocycles. The molecule has 0 aliphatic carbocycles. The topological polar surface area (TPSA) is 15.3 Å². The maximum atomic E-state index is 3.13. The first-order valence-corrected chi connectivity index (χ1v) is 4.64. The predicted octanol–water partition coefficient (Wildman–Crippen LogP) is 1.68. The molecule has 0 atom stereocenters. The van der Waals surface area contributed by atoms with Crippen LogP contribution in [0.15, 0.2) is 0 Å². The first-order chi connectivity index (χ1) is 5.31. The van der Waals surface area contributed by atoms with Gasteiger partial charge in [-0.3, -0.25) is 4.90 Å². The Hall–Kier alpha value is -0.0800. The van der Waals surface area contributed by atoms with Crippen LogP contribution in [0.2, 0.25) is 0 Å². The van der Waals surface area contributed by atoms with Gasteiger partial charge in [0.1, 0.15) is 0 Å². The van der Waals surface area contributed by atoms with Crippen LogP contribution < -0.4 is 5.32 Å². The lowest BCUT2D eigenvalue weighted by Gasteiger charge is -2.14. The van der Waals surface area contributed by atoms with Crippen molar-refractivity contribution < 1.29 is 0 Å². The molecule has 0 radical (unpaired) electrons. The molecule has 2 heteroatoms. The highest BCUT2D eigenvalue weighted by Crippen LogP contribution is 1.99. The van der Waals surface area contributed by atoms with Gasteiger partial charge in [-0.2, -0.15) is 0 Å². The molecular formula is C9H22N2. The van der Waals surface area contributed by atoms with Gasteiger partial charge < -0.3 is 5.32 Å². The van der Waals surface area contributed by atoms with E-state index in [1.54, 1.807) is 0 Å². The first-order valence-electron chi connectivity index (χ1n) is 4.64. The minimum absolute atomic E-state index is 1.01. The van der Waals surface area contributed by atoms with Crippen molar-refractivity contribution >= 4 is 0 Å². The molecule has 0 rings (SSSR count). The van der Waals surface area contributed by atoms with Gasteiger partial charge in [0.15, 0.2) is 0 Å². The van der Waals surface area contributed by atoms with Crippen LogP contribution in [0.1, 0.15) is 32.6 Å². The third-order valence-electron chi connectivity index (χ3n) is 1.82. The third-order valence-corrected chi connectivity index (χ3v) is 1.82. The summed E-state index contributed by atoms with van der Waals surface area (Å²) in [5, 5.41) is 3.13. The SMILES string of the molecule is CCCCCCN(C)CNC. The van der Waals surface area contributed by atoms with Crippen LogP contribution in [-0.4, -0.2) is 32.2 Å². The van der Waals surface area contributed by atoms with Crippen LogP contribution in [0.3, 0.4) is 0 Å². The summed E-state index contributed by atoms with van der Waals surface area (Å²) in [5.41, 5.74) is 0.